The maximum Gasteiger partial charge on any atom is 0.220 e. The van der Waals surface area contributed by atoms with Gasteiger partial charge in [0.15, 0.2) is 0 Å². The summed E-state index contributed by atoms with van der Waals surface area (Å²) >= 11 is 0. The van der Waals surface area contributed by atoms with Gasteiger partial charge in [-0.15, -0.1) is 0 Å². The summed E-state index contributed by atoms with van der Waals surface area (Å²) in [6.07, 6.45) is 2.91. The lowest BCUT2D eigenvalue weighted by molar-refractivity contribution is -0.122. The highest BCUT2D eigenvalue weighted by Gasteiger charge is 2.19. The first kappa shape index (κ1) is 15.8. The van der Waals surface area contributed by atoms with Gasteiger partial charge in [-0.25, -0.2) is 0 Å². The monoisotopic (exact) mass is 290 g/mol. The van der Waals surface area contributed by atoms with Gasteiger partial charge in [0.1, 0.15) is 12.4 Å². The number of benzene rings is 1. The van der Waals surface area contributed by atoms with Crippen molar-refractivity contribution >= 4 is 5.91 Å². The molecule has 1 aliphatic heterocycles. The second-order valence-electron chi connectivity index (χ2n) is 5.96. The molecule has 2 rings (SSSR count). The van der Waals surface area contributed by atoms with E-state index in [1.54, 1.807) is 0 Å². The van der Waals surface area contributed by atoms with E-state index < -0.39 is 0 Å². The molecule has 1 aromatic carbocycles. The molecule has 0 saturated carbocycles. The van der Waals surface area contributed by atoms with Crippen LogP contribution < -0.4 is 10.1 Å². The Bertz CT molecular complexity index is 437. The van der Waals surface area contributed by atoms with Gasteiger partial charge in [-0.2, -0.15) is 0 Å². The van der Waals surface area contributed by atoms with E-state index in [0.717, 1.165) is 31.7 Å². The van der Waals surface area contributed by atoms with Gasteiger partial charge in [-0.05, 0) is 58.0 Å². The Labute approximate surface area is 127 Å². The lowest BCUT2D eigenvalue weighted by atomic mass is 9.93. The zero-order valence-electron chi connectivity index (χ0n) is 13.1. The third-order valence-electron chi connectivity index (χ3n) is 4.03. The Hall–Kier alpha value is -1.55. The maximum absolute atomic E-state index is 11.9. The molecule has 0 aliphatic carbocycles. The van der Waals surface area contributed by atoms with E-state index in [1.807, 2.05) is 31.2 Å². The summed E-state index contributed by atoms with van der Waals surface area (Å²) in [4.78, 5) is 14.2. The van der Waals surface area contributed by atoms with Crippen LogP contribution in [-0.4, -0.2) is 44.1 Å². The topological polar surface area (TPSA) is 41.6 Å². The normalized spacial score (nSPS) is 16.7. The highest BCUT2D eigenvalue weighted by atomic mass is 16.5. The van der Waals surface area contributed by atoms with Crippen LogP contribution >= 0.6 is 0 Å². The zero-order valence-corrected chi connectivity index (χ0v) is 13.1. The number of hydrogen-bond acceptors (Lipinski definition) is 3. The van der Waals surface area contributed by atoms with Crippen LogP contribution in [0.1, 0.15) is 24.8 Å². The molecule has 0 spiro atoms. The fourth-order valence-electron chi connectivity index (χ4n) is 2.59. The minimum atomic E-state index is 0.150. The van der Waals surface area contributed by atoms with Gasteiger partial charge in [-0.3, -0.25) is 4.79 Å². The van der Waals surface area contributed by atoms with Crippen LogP contribution in [0.3, 0.4) is 0 Å². The summed E-state index contributed by atoms with van der Waals surface area (Å²) in [5.41, 5.74) is 1.22. The molecule has 0 aromatic heterocycles. The smallest absolute Gasteiger partial charge is 0.220 e. The highest BCUT2D eigenvalue weighted by Crippen LogP contribution is 2.19. The Balaban J connectivity index is 1.58. The summed E-state index contributed by atoms with van der Waals surface area (Å²) in [6, 6.07) is 7.95. The van der Waals surface area contributed by atoms with E-state index in [9.17, 15) is 4.79 Å². The van der Waals surface area contributed by atoms with E-state index in [-0.39, 0.29) is 5.91 Å². The fraction of sp³-hybridized carbons (Fsp3) is 0.588. The Kier molecular flexibility index (Phi) is 6.05. The van der Waals surface area contributed by atoms with Gasteiger partial charge in [-0.1, -0.05) is 17.7 Å². The van der Waals surface area contributed by atoms with Gasteiger partial charge < -0.3 is 15.0 Å². The van der Waals surface area contributed by atoms with Crippen molar-refractivity contribution in [3.63, 3.8) is 0 Å². The minimum absolute atomic E-state index is 0.150. The predicted octanol–water partition coefficient (Wildman–Crippen LogP) is 2.22. The van der Waals surface area contributed by atoms with Gasteiger partial charge in [0.2, 0.25) is 5.91 Å². The highest BCUT2D eigenvalue weighted by molar-refractivity contribution is 5.76. The summed E-state index contributed by atoms with van der Waals surface area (Å²) in [7, 11) is 2.14. The summed E-state index contributed by atoms with van der Waals surface area (Å²) < 4.78 is 5.59. The lowest BCUT2D eigenvalue weighted by Gasteiger charge is -2.28. The molecule has 1 aromatic rings. The average Bonchev–Trinajstić information content (AvgIpc) is 2.48. The van der Waals surface area contributed by atoms with Crippen molar-refractivity contribution in [2.45, 2.75) is 26.2 Å². The quantitative estimate of drug-likeness (QED) is 0.817. The third kappa shape index (κ3) is 5.76. The van der Waals surface area contributed by atoms with Crippen molar-refractivity contribution in [2.75, 3.05) is 33.3 Å². The summed E-state index contributed by atoms with van der Waals surface area (Å²) in [5.74, 6) is 1.54. The van der Waals surface area contributed by atoms with Crippen LogP contribution in [0.4, 0.5) is 0 Å². The lowest BCUT2D eigenvalue weighted by Crippen LogP contribution is -2.34. The second-order valence-corrected chi connectivity index (χ2v) is 5.96. The van der Waals surface area contributed by atoms with Crippen LogP contribution in [0.2, 0.25) is 0 Å². The van der Waals surface area contributed by atoms with Crippen molar-refractivity contribution < 1.29 is 9.53 Å². The number of ether oxygens (including phenoxy) is 1. The van der Waals surface area contributed by atoms with Crippen molar-refractivity contribution in [3.8, 4) is 5.75 Å². The predicted molar refractivity (Wildman–Crippen MR) is 84.5 cm³/mol. The number of rotatable bonds is 6. The fourth-order valence-corrected chi connectivity index (χ4v) is 2.59. The SMILES string of the molecule is Cc1ccc(OCCNC(=O)CC2CCN(C)CC2)cc1. The number of nitrogens with zero attached hydrogens (tertiary/aromatic N) is 1. The van der Waals surface area contributed by atoms with E-state index in [4.69, 9.17) is 4.74 Å². The number of carbonyl (C=O) groups is 1. The second kappa shape index (κ2) is 8.03. The first-order valence-corrected chi connectivity index (χ1v) is 7.78. The number of piperidine rings is 1. The zero-order chi connectivity index (χ0) is 15.1. The largest absolute Gasteiger partial charge is 0.492 e. The molecular formula is C17H26N2O2. The standard InChI is InChI=1S/C17H26N2O2/c1-14-3-5-16(6-4-14)21-12-9-18-17(20)13-15-7-10-19(2)11-8-15/h3-6,15H,7-13H2,1-2H3,(H,18,20). The Morgan fingerprint density at radius 1 is 1.29 bits per heavy atom. The summed E-state index contributed by atoms with van der Waals surface area (Å²) in [5, 5.41) is 2.95. The van der Waals surface area contributed by atoms with Gasteiger partial charge in [0, 0.05) is 6.42 Å². The molecule has 4 nitrogen and oxygen atoms in total. The third-order valence-corrected chi connectivity index (χ3v) is 4.03. The average molecular weight is 290 g/mol. The van der Waals surface area contributed by atoms with Crippen LogP contribution in [0.25, 0.3) is 0 Å². The number of carbonyl (C=O) groups excluding carboxylic acids is 1. The Morgan fingerprint density at radius 2 is 1.95 bits per heavy atom. The van der Waals surface area contributed by atoms with Crippen LogP contribution in [-0.2, 0) is 4.79 Å². The van der Waals surface area contributed by atoms with E-state index in [0.29, 0.717) is 25.5 Å². The molecule has 0 bridgehead atoms. The molecule has 1 saturated heterocycles. The molecule has 4 heteroatoms. The molecule has 1 N–H and O–H groups in total. The number of aryl methyl sites for hydroxylation is 1. The van der Waals surface area contributed by atoms with Crippen LogP contribution in [0, 0.1) is 12.8 Å². The van der Waals surface area contributed by atoms with Gasteiger partial charge in [0.25, 0.3) is 0 Å². The molecule has 1 amide bonds. The van der Waals surface area contributed by atoms with Gasteiger partial charge in [0.05, 0.1) is 6.54 Å². The van der Waals surface area contributed by atoms with E-state index >= 15 is 0 Å². The molecular weight excluding hydrogens is 264 g/mol. The van der Waals surface area contributed by atoms with E-state index in [1.165, 1.54) is 5.56 Å². The molecule has 1 fully saturated rings. The first-order valence-electron chi connectivity index (χ1n) is 7.78. The minimum Gasteiger partial charge on any atom is -0.492 e. The number of amides is 1. The van der Waals surface area contributed by atoms with Crippen molar-refractivity contribution in [3.05, 3.63) is 29.8 Å². The van der Waals surface area contributed by atoms with Crippen LogP contribution in [0.15, 0.2) is 24.3 Å². The molecule has 21 heavy (non-hydrogen) atoms. The number of likely N-dealkylation sites (tertiary alicyclic amines) is 1. The molecule has 0 atom stereocenters. The summed E-state index contributed by atoms with van der Waals surface area (Å²) in [6.45, 7) is 5.34. The van der Waals surface area contributed by atoms with Gasteiger partial charge >= 0.3 is 0 Å². The van der Waals surface area contributed by atoms with Crippen molar-refractivity contribution in [1.82, 2.24) is 10.2 Å². The first-order chi connectivity index (χ1) is 10.1. The van der Waals surface area contributed by atoms with Crippen LogP contribution in [0.5, 0.6) is 5.75 Å². The van der Waals surface area contributed by atoms with E-state index in [2.05, 4.69) is 17.3 Å². The van der Waals surface area contributed by atoms with Crippen molar-refractivity contribution in [2.24, 2.45) is 5.92 Å². The molecule has 1 heterocycles. The number of hydrogen-bond donors (Lipinski definition) is 1. The number of nitrogens with one attached hydrogen (secondary N) is 1. The molecule has 0 unspecified atom stereocenters. The maximum atomic E-state index is 11.9. The van der Waals surface area contributed by atoms with Crippen molar-refractivity contribution in [1.29, 1.82) is 0 Å². The molecule has 0 radical (unpaired) electrons. The molecule has 116 valence electrons. The molecule has 1 aliphatic rings. The Morgan fingerprint density at radius 3 is 2.62 bits per heavy atom.